The molecule has 1 aliphatic carbocycles. The number of piperidine rings is 1. The molecular weight excluding hydrogens is 368 g/mol. The molecule has 3 rings (SSSR count). The van der Waals surface area contributed by atoms with Crippen LogP contribution in [0.15, 0.2) is 29.2 Å². The average Bonchev–Trinajstić information content (AvgIpc) is 2.73. The topological polar surface area (TPSA) is 40.6 Å². The van der Waals surface area contributed by atoms with Gasteiger partial charge in [0.1, 0.15) is 0 Å². The Hall–Kier alpha value is -0.910. The summed E-state index contributed by atoms with van der Waals surface area (Å²) in [4.78, 5) is 2.88. The molecule has 1 aromatic carbocycles. The summed E-state index contributed by atoms with van der Waals surface area (Å²) < 4.78 is 27.8. The lowest BCUT2D eigenvalue weighted by Gasteiger charge is -2.36. The summed E-state index contributed by atoms with van der Waals surface area (Å²) in [5.41, 5.74) is 1.31. The second-order valence-corrected chi connectivity index (χ2v) is 11.1. The first kappa shape index (κ1) is 21.8. The van der Waals surface area contributed by atoms with Gasteiger partial charge in [-0.1, -0.05) is 45.2 Å². The average molecular weight is 407 g/mol. The van der Waals surface area contributed by atoms with Crippen molar-refractivity contribution in [3.05, 3.63) is 29.8 Å². The molecule has 1 aliphatic heterocycles. The van der Waals surface area contributed by atoms with Gasteiger partial charge in [-0.3, -0.25) is 0 Å². The minimum atomic E-state index is -3.37. The van der Waals surface area contributed by atoms with Crippen LogP contribution in [0.1, 0.15) is 76.7 Å². The minimum Gasteiger partial charge on any atom is -0.303 e. The molecule has 0 aromatic heterocycles. The highest BCUT2D eigenvalue weighted by Crippen LogP contribution is 2.33. The third kappa shape index (κ3) is 5.37. The zero-order valence-corrected chi connectivity index (χ0v) is 18.8. The maximum atomic E-state index is 13.1. The third-order valence-electron chi connectivity index (χ3n) is 6.70. The van der Waals surface area contributed by atoms with Crippen LogP contribution in [-0.2, 0) is 10.0 Å². The molecule has 2 fully saturated rings. The van der Waals surface area contributed by atoms with E-state index in [0.717, 1.165) is 19.4 Å². The molecular formula is C23H38N2O2S. The second-order valence-electron chi connectivity index (χ2n) is 9.20. The van der Waals surface area contributed by atoms with E-state index in [4.69, 9.17) is 0 Å². The molecule has 0 unspecified atom stereocenters. The molecule has 1 heterocycles. The van der Waals surface area contributed by atoms with Crippen LogP contribution >= 0.6 is 0 Å². The fraction of sp³-hybridized carbons (Fsp3) is 0.739. The van der Waals surface area contributed by atoms with Crippen LogP contribution < -0.4 is 0 Å². The Balaban J connectivity index is 1.57. The number of hydrogen-bond donors (Lipinski definition) is 0. The highest BCUT2D eigenvalue weighted by Gasteiger charge is 2.30. The molecule has 0 atom stereocenters. The molecule has 4 nitrogen and oxygen atoms in total. The number of sulfonamides is 1. The van der Waals surface area contributed by atoms with Gasteiger partial charge in [0, 0.05) is 19.1 Å². The van der Waals surface area contributed by atoms with E-state index < -0.39 is 10.0 Å². The van der Waals surface area contributed by atoms with E-state index in [-0.39, 0.29) is 0 Å². The Kier molecular flexibility index (Phi) is 7.57. The first-order valence-electron chi connectivity index (χ1n) is 11.2. The lowest BCUT2D eigenvalue weighted by atomic mass is 9.84. The van der Waals surface area contributed by atoms with Crippen LogP contribution in [-0.4, -0.2) is 50.3 Å². The van der Waals surface area contributed by atoms with Gasteiger partial charge >= 0.3 is 0 Å². The van der Waals surface area contributed by atoms with Gasteiger partial charge in [-0.25, -0.2) is 8.42 Å². The Morgan fingerprint density at radius 2 is 1.61 bits per heavy atom. The normalized spacial score (nSPS) is 20.9. The third-order valence-corrected chi connectivity index (χ3v) is 8.61. The van der Waals surface area contributed by atoms with Crippen LogP contribution in [0.2, 0.25) is 0 Å². The van der Waals surface area contributed by atoms with E-state index in [9.17, 15) is 8.42 Å². The van der Waals surface area contributed by atoms with Gasteiger partial charge < -0.3 is 4.90 Å². The van der Waals surface area contributed by atoms with Crippen LogP contribution in [0.5, 0.6) is 0 Å². The summed E-state index contributed by atoms with van der Waals surface area (Å²) in [6.45, 7) is 6.86. The zero-order chi connectivity index (χ0) is 20.1. The summed E-state index contributed by atoms with van der Waals surface area (Å²) >= 11 is 0. The minimum absolute atomic E-state index is 0.457. The fourth-order valence-corrected chi connectivity index (χ4v) is 6.13. The molecule has 0 N–H and O–H groups in total. The molecule has 0 radical (unpaired) electrons. The van der Waals surface area contributed by atoms with Gasteiger partial charge in [0.05, 0.1) is 4.90 Å². The van der Waals surface area contributed by atoms with Crippen LogP contribution in [0.4, 0.5) is 0 Å². The Bertz CT molecular complexity index is 701. The van der Waals surface area contributed by atoms with Crippen LogP contribution in [0.25, 0.3) is 0 Å². The molecule has 0 spiro atoms. The van der Waals surface area contributed by atoms with Crippen molar-refractivity contribution in [2.45, 2.75) is 82.1 Å². The highest BCUT2D eigenvalue weighted by atomic mass is 32.2. The molecule has 0 bridgehead atoms. The van der Waals surface area contributed by atoms with E-state index in [1.807, 2.05) is 12.1 Å². The predicted molar refractivity (Wildman–Crippen MR) is 116 cm³/mol. The molecule has 5 heteroatoms. The lowest BCUT2D eigenvalue weighted by molar-refractivity contribution is 0.162. The van der Waals surface area contributed by atoms with Crippen molar-refractivity contribution in [2.24, 2.45) is 5.92 Å². The van der Waals surface area contributed by atoms with Crippen LogP contribution in [0, 0.1) is 5.92 Å². The summed E-state index contributed by atoms with van der Waals surface area (Å²) in [6.07, 6.45) is 9.46. The molecule has 1 saturated heterocycles. The van der Waals surface area contributed by atoms with Gasteiger partial charge in [-0.2, -0.15) is 4.31 Å². The van der Waals surface area contributed by atoms with Gasteiger partial charge in [-0.05, 0) is 75.2 Å². The van der Waals surface area contributed by atoms with Gasteiger partial charge in [0.2, 0.25) is 10.0 Å². The first-order valence-corrected chi connectivity index (χ1v) is 12.6. The van der Waals surface area contributed by atoms with Gasteiger partial charge in [0.25, 0.3) is 0 Å². The van der Waals surface area contributed by atoms with Crippen molar-refractivity contribution < 1.29 is 8.42 Å². The zero-order valence-electron chi connectivity index (χ0n) is 17.9. The maximum Gasteiger partial charge on any atom is 0.243 e. The van der Waals surface area contributed by atoms with E-state index in [0.29, 0.717) is 35.9 Å². The molecule has 28 heavy (non-hydrogen) atoms. The van der Waals surface area contributed by atoms with Crippen molar-refractivity contribution in [1.82, 2.24) is 9.21 Å². The SMILES string of the molecule is CC(C)CCN(C)C1CCN(S(=O)(=O)c2ccc(C3CCCCC3)cc2)CC1. The second kappa shape index (κ2) is 9.73. The Morgan fingerprint density at radius 1 is 1.00 bits per heavy atom. The number of rotatable bonds is 7. The largest absolute Gasteiger partial charge is 0.303 e. The lowest BCUT2D eigenvalue weighted by Crippen LogP contribution is -2.45. The smallest absolute Gasteiger partial charge is 0.243 e. The number of nitrogens with zero attached hydrogens (tertiary/aromatic N) is 2. The van der Waals surface area contributed by atoms with Crippen molar-refractivity contribution in [3.63, 3.8) is 0 Å². The van der Waals surface area contributed by atoms with Crippen LogP contribution in [0.3, 0.4) is 0 Å². The number of benzene rings is 1. The van der Waals surface area contributed by atoms with E-state index >= 15 is 0 Å². The standard InChI is InChI=1S/C23H38N2O2S/c1-19(2)13-16-24(3)22-14-17-25(18-15-22)28(26,27)23-11-9-21(10-12-23)20-7-5-4-6-8-20/h9-12,19-20,22H,4-8,13-18H2,1-3H3. The van der Waals surface area contributed by atoms with E-state index in [1.165, 1.54) is 44.1 Å². The monoisotopic (exact) mass is 406 g/mol. The van der Waals surface area contributed by atoms with E-state index in [2.05, 4.69) is 37.9 Å². The van der Waals surface area contributed by atoms with Crippen molar-refractivity contribution in [2.75, 3.05) is 26.7 Å². The number of hydrogen-bond acceptors (Lipinski definition) is 3. The van der Waals surface area contributed by atoms with E-state index in [1.54, 1.807) is 4.31 Å². The quantitative estimate of drug-likeness (QED) is 0.649. The first-order chi connectivity index (χ1) is 13.4. The van der Waals surface area contributed by atoms with Crippen molar-refractivity contribution >= 4 is 10.0 Å². The van der Waals surface area contributed by atoms with Gasteiger partial charge in [-0.15, -0.1) is 0 Å². The van der Waals surface area contributed by atoms with Gasteiger partial charge in [0.15, 0.2) is 0 Å². The predicted octanol–water partition coefficient (Wildman–Crippen LogP) is 4.87. The summed E-state index contributed by atoms with van der Waals surface area (Å²) in [6, 6.07) is 8.27. The highest BCUT2D eigenvalue weighted by molar-refractivity contribution is 7.89. The van der Waals surface area contributed by atoms with Crippen molar-refractivity contribution in [3.8, 4) is 0 Å². The molecule has 1 saturated carbocycles. The summed E-state index contributed by atoms with van der Waals surface area (Å²) in [5.74, 6) is 1.32. The molecule has 158 valence electrons. The van der Waals surface area contributed by atoms with Crippen molar-refractivity contribution in [1.29, 1.82) is 0 Å². The Morgan fingerprint density at radius 3 is 2.18 bits per heavy atom. The maximum absolute atomic E-state index is 13.1. The molecule has 2 aliphatic rings. The summed E-state index contributed by atoms with van der Waals surface area (Å²) in [5, 5.41) is 0. The Labute approximate surface area is 172 Å². The summed E-state index contributed by atoms with van der Waals surface area (Å²) in [7, 11) is -1.19. The molecule has 1 aromatic rings. The fourth-order valence-electron chi connectivity index (χ4n) is 4.66. The molecule has 0 amide bonds.